The third-order valence-corrected chi connectivity index (χ3v) is 2.97. The van der Waals surface area contributed by atoms with Crippen LogP contribution < -0.4 is 5.32 Å². The van der Waals surface area contributed by atoms with Crippen molar-refractivity contribution in [1.29, 1.82) is 0 Å². The molecule has 0 aliphatic heterocycles. The van der Waals surface area contributed by atoms with Gasteiger partial charge in [0.25, 0.3) is 5.91 Å². The highest BCUT2D eigenvalue weighted by Crippen LogP contribution is 2.19. The van der Waals surface area contributed by atoms with E-state index in [1.54, 1.807) is 7.05 Å². The summed E-state index contributed by atoms with van der Waals surface area (Å²) in [5, 5.41) is 2.66. The zero-order valence-corrected chi connectivity index (χ0v) is 10.7. The Kier molecular flexibility index (Phi) is 4.53. The first-order valence-corrected chi connectivity index (χ1v) is 5.92. The number of carbonyl (C=O) groups excluding carboxylic acids is 1. The standard InChI is InChI=1S/C14H21NO/c1-5-6-7-13-10(2)8-12(9-11(13)3)14(16)15-4/h8-9H,5-7H2,1-4H3,(H,15,16). The smallest absolute Gasteiger partial charge is 0.251 e. The summed E-state index contributed by atoms with van der Waals surface area (Å²) in [6.45, 7) is 6.37. The van der Waals surface area contributed by atoms with E-state index in [4.69, 9.17) is 0 Å². The number of nitrogens with one attached hydrogen (secondary N) is 1. The first-order chi connectivity index (χ1) is 7.60. The summed E-state index contributed by atoms with van der Waals surface area (Å²) < 4.78 is 0. The van der Waals surface area contributed by atoms with Crippen LogP contribution in [0.1, 0.15) is 46.8 Å². The van der Waals surface area contributed by atoms with Crippen molar-refractivity contribution in [3.8, 4) is 0 Å². The molecule has 0 spiro atoms. The third-order valence-electron chi connectivity index (χ3n) is 2.97. The number of rotatable bonds is 4. The Morgan fingerprint density at radius 2 is 1.81 bits per heavy atom. The van der Waals surface area contributed by atoms with Crippen molar-refractivity contribution in [2.75, 3.05) is 7.05 Å². The Hall–Kier alpha value is -1.31. The lowest BCUT2D eigenvalue weighted by Gasteiger charge is -2.11. The minimum absolute atomic E-state index is 0.00626. The molecule has 0 unspecified atom stereocenters. The van der Waals surface area contributed by atoms with Gasteiger partial charge in [-0.2, -0.15) is 0 Å². The van der Waals surface area contributed by atoms with Gasteiger partial charge >= 0.3 is 0 Å². The molecule has 16 heavy (non-hydrogen) atoms. The normalized spacial score (nSPS) is 10.2. The van der Waals surface area contributed by atoms with E-state index in [9.17, 15) is 4.79 Å². The molecule has 0 radical (unpaired) electrons. The lowest BCUT2D eigenvalue weighted by molar-refractivity contribution is 0.0963. The van der Waals surface area contributed by atoms with Crippen molar-refractivity contribution in [2.24, 2.45) is 0 Å². The van der Waals surface area contributed by atoms with E-state index in [-0.39, 0.29) is 5.91 Å². The largest absolute Gasteiger partial charge is 0.355 e. The molecule has 1 aromatic rings. The molecule has 0 atom stereocenters. The molecule has 1 aromatic carbocycles. The summed E-state index contributed by atoms with van der Waals surface area (Å²) in [4.78, 5) is 11.5. The second-order valence-corrected chi connectivity index (χ2v) is 4.27. The Bertz CT molecular complexity index is 359. The second kappa shape index (κ2) is 5.69. The van der Waals surface area contributed by atoms with Gasteiger partial charge in [0.1, 0.15) is 0 Å². The highest BCUT2D eigenvalue weighted by molar-refractivity contribution is 5.94. The summed E-state index contributed by atoms with van der Waals surface area (Å²) in [5.41, 5.74) is 4.62. The summed E-state index contributed by atoms with van der Waals surface area (Å²) in [6.07, 6.45) is 3.53. The number of aryl methyl sites for hydroxylation is 2. The van der Waals surface area contributed by atoms with Crippen molar-refractivity contribution in [3.05, 3.63) is 34.4 Å². The van der Waals surface area contributed by atoms with Crippen molar-refractivity contribution in [3.63, 3.8) is 0 Å². The predicted octanol–water partition coefficient (Wildman–Crippen LogP) is 3.01. The van der Waals surface area contributed by atoms with Crippen LogP contribution in [0.4, 0.5) is 0 Å². The zero-order valence-electron chi connectivity index (χ0n) is 10.7. The molecule has 0 saturated carbocycles. The molecule has 0 aliphatic carbocycles. The maximum atomic E-state index is 11.5. The van der Waals surface area contributed by atoms with Gasteiger partial charge in [0, 0.05) is 12.6 Å². The monoisotopic (exact) mass is 219 g/mol. The van der Waals surface area contributed by atoms with Gasteiger partial charge in [-0.3, -0.25) is 4.79 Å². The molecular formula is C14H21NO. The highest BCUT2D eigenvalue weighted by Gasteiger charge is 2.08. The van der Waals surface area contributed by atoms with E-state index in [0.717, 1.165) is 12.0 Å². The third kappa shape index (κ3) is 2.84. The molecule has 1 N–H and O–H groups in total. The minimum Gasteiger partial charge on any atom is -0.355 e. The van der Waals surface area contributed by atoms with Crippen molar-refractivity contribution in [2.45, 2.75) is 40.0 Å². The molecule has 0 aliphatic rings. The van der Waals surface area contributed by atoms with Gasteiger partial charge in [-0.15, -0.1) is 0 Å². The van der Waals surface area contributed by atoms with E-state index >= 15 is 0 Å². The van der Waals surface area contributed by atoms with Crippen molar-refractivity contribution < 1.29 is 4.79 Å². The SMILES string of the molecule is CCCCc1c(C)cc(C(=O)NC)cc1C. The Morgan fingerprint density at radius 1 is 1.25 bits per heavy atom. The van der Waals surface area contributed by atoms with Crippen molar-refractivity contribution >= 4 is 5.91 Å². The summed E-state index contributed by atoms with van der Waals surface area (Å²) >= 11 is 0. The number of amides is 1. The van der Waals surface area contributed by atoms with Gasteiger partial charge in [-0.05, 0) is 55.5 Å². The summed E-state index contributed by atoms with van der Waals surface area (Å²) in [7, 11) is 1.66. The fourth-order valence-electron chi connectivity index (χ4n) is 2.02. The lowest BCUT2D eigenvalue weighted by atomic mass is 9.95. The summed E-state index contributed by atoms with van der Waals surface area (Å²) in [5.74, 6) is -0.00626. The van der Waals surface area contributed by atoms with Crippen LogP contribution in [0.3, 0.4) is 0 Å². The van der Waals surface area contributed by atoms with Crippen LogP contribution in [-0.4, -0.2) is 13.0 Å². The Morgan fingerprint density at radius 3 is 2.25 bits per heavy atom. The molecule has 2 nitrogen and oxygen atoms in total. The maximum Gasteiger partial charge on any atom is 0.251 e. The predicted molar refractivity (Wildman–Crippen MR) is 67.9 cm³/mol. The molecule has 0 aromatic heterocycles. The molecule has 0 saturated heterocycles. The molecule has 1 amide bonds. The topological polar surface area (TPSA) is 29.1 Å². The molecule has 0 bridgehead atoms. The molecular weight excluding hydrogens is 198 g/mol. The average molecular weight is 219 g/mol. The number of hydrogen-bond donors (Lipinski definition) is 1. The number of hydrogen-bond acceptors (Lipinski definition) is 1. The zero-order chi connectivity index (χ0) is 12.1. The van der Waals surface area contributed by atoms with Crippen LogP contribution in [0, 0.1) is 13.8 Å². The van der Waals surface area contributed by atoms with E-state index in [1.165, 1.54) is 29.5 Å². The first-order valence-electron chi connectivity index (χ1n) is 5.92. The molecule has 0 heterocycles. The van der Waals surface area contributed by atoms with Gasteiger partial charge < -0.3 is 5.32 Å². The van der Waals surface area contributed by atoms with Gasteiger partial charge in [0.05, 0.1) is 0 Å². The van der Waals surface area contributed by atoms with Gasteiger partial charge in [-0.1, -0.05) is 13.3 Å². The quantitative estimate of drug-likeness (QED) is 0.828. The van der Waals surface area contributed by atoms with Gasteiger partial charge in [0.15, 0.2) is 0 Å². The molecule has 0 fully saturated rings. The second-order valence-electron chi connectivity index (χ2n) is 4.27. The van der Waals surface area contributed by atoms with E-state index in [2.05, 4.69) is 26.1 Å². The highest BCUT2D eigenvalue weighted by atomic mass is 16.1. The Labute approximate surface area is 98.1 Å². The first kappa shape index (κ1) is 12.8. The van der Waals surface area contributed by atoms with Gasteiger partial charge in [0.2, 0.25) is 0 Å². The van der Waals surface area contributed by atoms with E-state index in [1.807, 2.05) is 12.1 Å². The number of carbonyl (C=O) groups is 1. The van der Waals surface area contributed by atoms with E-state index < -0.39 is 0 Å². The Balaban J connectivity index is 3.02. The van der Waals surface area contributed by atoms with E-state index in [0.29, 0.717) is 0 Å². The van der Waals surface area contributed by atoms with Crippen molar-refractivity contribution in [1.82, 2.24) is 5.32 Å². The maximum absolute atomic E-state index is 11.5. The van der Waals surface area contributed by atoms with Gasteiger partial charge in [-0.25, -0.2) is 0 Å². The fraction of sp³-hybridized carbons (Fsp3) is 0.500. The lowest BCUT2D eigenvalue weighted by Crippen LogP contribution is -2.18. The van der Waals surface area contributed by atoms with Crippen LogP contribution in [0.5, 0.6) is 0 Å². The minimum atomic E-state index is -0.00626. The van der Waals surface area contributed by atoms with Crippen LogP contribution in [0.15, 0.2) is 12.1 Å². The van der Waals surface area contributed by atoms with Crippen LogP contribution in [0.25, 0.3) is 0 Å². The molecule has 2 heteroatoms. The number of unbranched alkanes of at least 4 members (excludes halogenated alkanes) is 1. The summed E-state index contributed by atoms with van der Waals surface area (Å²) in [6, 6.07) is 3.97. The average Bonchev–Trinajstić information content (AvgIpc) is 2.26. The van der Waals surface area contributed by atoms with Crippen LogP contribution in [0.2, 0.25) is 0 Å². The number of benzene rings is 1. The molecule has 1 rings (SSSR count). The van der Waals surface area contributed by atoms with Crippen LogP contribution >= 0.6 is 0 Å². The molecule has 88 valence electrons. The fourth-order valence-corrected chi connectivity index (χ4v) is 2.02. The van der Waals surface area contributed by atoms with Crippen LogP contribution in [-0.2, 0) is 6.42 Å².